The minimum absolute atomic E-state index is 0.0788. The van der Waals surface area contributed by atoms with Crippen LogP contribution >= 0.6 is 0 Å². The van der Waals surface area contributed by atoms with Gasteiger partial charge in [-0.25, -0.2) is 0 Å². The van der Waals surface area contributed by atoms with Crippen LogP contribution < -0.4 is 15.0 Å². The second kappa shape index (κ2) is 6.62. The van der Waals surface area contributed by atoms with Crippen LogP contribution in [-0.2, 0) is 9.59 Å². The van der Waals surface area contributed by atoms with Gasteiger partial charge in [-0.15, -0.1) is 0 Å². The molecule has 0 aromatic heterocycles. The number of benzene rings is 2. The molecule has 0 saturated carbocycles. The Kier molecular flexibility index (Phi) is 4.37. The van der Waals surface area contributed by atoms with E-state index in [9.17, 15) is 14.7 Å². The van der Waals surface area contributed by atoms with Crippen molar-refractivity contribution >= 4 is 23.2 Å². The number of phenols is 1. The van der Waals surface area contributed by atoms with Gasteiger partial charge < -0.3 is 20.1 Å². The molecule has 6 nitrogen and oxygen atoms in total. The molecule has 0 aliphatic carbocycles. The molecule has 24 heavy (non-hydrogen) atoms. The Hall–Kier alpha value is -3.02. The number of hydrogen-bond acceptors (Lipinski definition) is 4. The van der Waals surface area contributed by atoms with Gasteiger partial charge in [0.05, 0.1) is 13.0 Å². The number of ether oxygens (including phenoxy) is 1. The van der Waals surface area contributed by atoms with Crippen molar-refractivity contribution in [2.24, 2.45) is 5.92 Å². The van der Waals surface area contributed by atoms with Gasteiger partial charge in [0.25, 0.3) is 0 Å². The molecule has 6 heteroatoms. The summed E-state index contributed by atoms with van der Waals surface area (Å²) >= 11 is 0. The summed E-state index contributed by atoms with van der Waals surface area (Å²) < 4.78 is 5.11. The van der Waals surface area contributed by atoms with Crippen molar-refractivity contribution in [3.8, 4) is 11.5 Å². The van der Waals surface area contributed by atoms with Crippen molar-refractivity contribution in [3.63, 3.8) is 0 Å². The lowest BCUT2D eigenvalue weighted by Gasteiger charge is -2.17. The molecule has 2 N–H and O–H groups in total. The van der Waals surface area contributed by atoms with Crippen LogP contribution in [0.1, 0.15) is 6.42 Å². The van der Waals surface area contributed by atoms with E-state index < -0.39 is 5.92 Å². The van der Waals surface area contributed by atoms with Crippen molar-refractivity contribution < 1.29 is 19.4 Å². The molecule has 2 aromatic rings. The van der Waals surface area contributed by atoms with Crippen molar-refractivity contribution in [1.82, 2.24) is 0 Å². The van der Waals surface area contributed by atoms with E-state index in [4.69, 9.17) is 4.74 Å². The van der Waals surface area contributed by atoms with Crippen molar-refractivity contribution in [2.75, 3.05) is 23.9 Å². The second-order valence-corrected chi connectivity index (χ2v) is 5.64. The molecule has 1 saturated heterocycles. The van der Waals surface area contributed by atoms with Gasteiger partial charge in [0.15, 0.2) is 0 Å². The van der Waals surface area contributed by atoms with Gasteiger partial charge in [0, 0.05) is 30.4 Å². The van der Waals surface area contributed by atoms with E-state index in [-0.39, 0.29) is 24.0 Å². The molecule has 2 amide bonds. The third kappa shape index (κ3) is 3.32. The number of rotatable bonds is 4. The largest absolute Gasteiger partial charge is 0.508 e. The normalized spacial score (nSPS) is 17.0. The Morgan fingerprint density at radius 2 is 2.00 bits per heavy atom. The Balaban J connectivity index is 1.68. The summed E-state index contributed by atoms with van der Waals surface area (Å²) in [4.78, 5) is 26.2. The molecular formula is C18H18N2O4. The van der Waals surface area contributed by atoms with Crippen LogP contribution in [0.4, 0.5) is 11.4 Å². The number of carbonyl (C=O) groups is 2. The fraction of sp³-hybridized carbons (Fsp3) is 0.222. The first-order chi connectivity index (χ1) is 11.6. The van der Waals surface area contributed by atoms with E-state index in [1.165, 1.54) is 12.1 Å². The summed E-state index contributed by atoms with van der Waals surface area (Å²) in [5.41, 5.74) is 1.25. The molecule has 124 valence electrons. The van der Waals surface area contributed by atoms with E-state index in [1.54, 1.807) is 48.4 Å². The van der Waals surface area contributed by atoms with E-state index in [1.807, 2.05) is 0 Å². The maximum absolute atomic E-state index is 12.4. The molecule has 1 unspecified atom stereocenters. The predicted molar refractivity (Wildman–Crippen MR) is 90.2 cm³/mol. The zero-order chi connectivity index (χ0) is 17.1. The smallest absolute Gasteiger partial charge is 0.229 e. The Morgan fingerprint density at radius 3 is 2.67 bits per heavy atom. The van der Waals surface area contributed by atoms with Gasteiger partial charge in [-0.1, -0.05) is 6.07 Å². The van der Waals surface area contributed by atoms with Crippen LogP contribution in [0.25, 0.3) is 0 Å². The molecule has 0 bridgehead atoms. The zero-order valence-electron chi connectivity index (χ0n) is 13.2. The molecule has 1 fully saturated rings. The summed E-state index contributed by atoms with van der Waals surface area (Å²) in [6.45, 7) is 0.329. The molecule has 0 radical (unpaired) electrons. The number of methoxy groups -OCH3 is 1. The fourth-order valence-electron chi connectivity index (χ4n) is 2.72. The highest BCUT2D eigenvalue weighted by atomic mass is 16.5. The molecule has 1 heterocycles. The highest BCUT2D eigenvalue weighted by molar-refractivity contribution is 6.03. The Morgan fingerprint density at radius 1 is 1.25 bits per heavy atom. The molecule has 3 rings (SSSR count). The van der Waals surface area contributed by atoms with Crippen LogP contribution in [-0.4, -0.2) is 30.6 Å². The van der Waals surface area contributed by atoms with Crippen molar-refractivity contribution in [2.45, 2.75) is 6.42 Å². The minimum atomic E-state index is -0.429. The maximum atomic E-state index is 12.4. The van der Waals surface area contributed by atoms with E-state index in [2.05, 4.69) is 5.32 Å². The number of aromatic hydroxyl groups is 1. The first kappa shape index (κ1) is 15.9. The molecule has 1 atom stereocenters. The van der Waals surface area contributed by atoms with Gasteiger partial charge >= 0.3 is 0 Å². The van der Waals surface area contributed by atoms with Crippen LogP contribution in [0, 0.1) is 5.92 Å². The van der Waals surface area contributed by atoms with E-state index >= 15 is 0 Å². The Bertz CT molecular complexity index is 758. The van der Waals surface area contributed by atoms with Crippen LogP contribution in [0.3, 0.4) is 0 Å². The molecule has 1 aliphatic rings. The predicted octanol–water partition coefficient (Wildman–Crippen LogP) is 2.39. The zero-order valence-corrected chi connectivity index (χ0v) is 13.2. The van der Waals surface area contributed by atoms with Crippen molar-refractivity contribution in [1.29, 1.82) is 0 Å². The maximum Gasteiger partial charge on any atom is 0.229 e. The lowest BCUT2D eigenvalue weighted by Crippen LogP contribution is -2.28. The summed E-state index contributed by atoms with van der Waals surface area (Å²) in [7, 11) is 1.58. The Labute approximate surface area is 139 Å². The number of nitrogens with zero attached hydrogens (tertiary/aromatic N) is 1. The van der Waals surface area contributed by atoms with Crippen LogP contribution in [0.2, 0.25) is 0 Å². The molecular weight excluding hydrogens is 308 g/mol. The van der Waals surface area contributed by atoms with Gasteiger partial charge in [-0.3, -0.25) is 9.59 Å². The quantitative estimate of drug-likeness (QED) is 0.904. The van der Waals surface area contributed by atoms with E-state index in [0.29, 0.717) is 18.0 Å². The van der Waals surface area contributed by atoms with Gasteiger partial charge in [-0.2, -0.15) is 0 Å². The van der Waals surface area contributed by atoms with Gasteiger partial charge in [0.2, 0.25) is 11.8 Å². The van der Waals surface area contributed by atoms with Gasteiger partial charge in [-0.05, 0) is 36.4 Å². The third-order valence-electron chi connectivity index (χ3n) is 3.99. The number of amides is 2. The highest BCUT2D eigenvalue weighted by Gasteiger charge is 2.35. The number of nitrogens with one attached hydrogen (secondary N) is 1. The molecule has 1 aliphatic heterocycles. The molecule has 0 spiro atoms. The third-order valence-corrected chi connectivity index (χ3v) is 3.99. The fourth-order valence-corrected chi connectivity index (χ4v) is 2.72. The first-order valence-electron chi connectivity index (χ1n) is 7.61. The average Bonchev–Trinajstić information content (AvgIpc) is 2.97. The van der Waals surface area contributed by atoms with Crippen molar-refractivity contribution in [3.05, 3.63) is 48.5 Å². The topological polar surface area (TPSA) is 78.9 Å². The SMILES string of the molecule is COc1ccc(N2CC(C(=O)Nc3cccc(O)c3)CC2=O)cc1. The summed E-state index contributed by atoms with van der Waals surface area (Å²) in [6.07, 6.45) is 0.163. The first-order valence-corrected chi connectivity index (χ1v) is 7.61. The standard InChI is InChI=1S/C18H18N2O4/c1-24-16-7-5-14(6-8-16)20-11-12(9-17(20)22)18(23)19-13-3-2-4-15(21)10-13/h2-8,10,12,21H,9,11H2,1H3,(H,19,23). The van der Waals surface area contributed by atoms with Crippen LogP contribution in [0.15, 0.2) is 48.5 Å². The summed E-state index contributed by atoms with van der Waals surface area (Å²) in [6, 6.07) is 13.5. The second-order valence-electron chi connectivity index (χ2n) is 5.64. The van der Waals surface area contributed by atoms with Crippen LogP contribution in [0.5, 0.6) is 11.5 Å². The number of hydrogen-bond donors (Lipinski definition) is 2. The monoisotopic (exact) mass is 326 g/mol. The lowest BCUT2D eigenvalue weighted by molar-refractivity contribution is -0.122. The highest BCUT2D eigenvalue weighted by Crippen LogP contribution is 2.27. The van der Waals surface area contributed by atoms with Gasteiger partial charge in [0.1, 0.15) is 11.5 Å². The summed E-state index contributed by atoms with van der Waals surface area (Å²) in [5, 5.41) is 12.2. The lowest BCUT2D eigenvalue weighted by atomic mass is 10.1. The number of phenolic OH excluding ortho intramolecular Hbond substituents is 1. The summed E-state index contributed by atoms with van der Waals surface area (Å²) in [5.74, 6) is 0.0434. The van der Waals surface area contributed by atoms with E-state index in [0.717, 1.165) is 5.69 Å². The number of carbonyl (C=O) groups excluding carboxylic acids is 2. The minimum Gasteiger partial charge on any atom is -0.508 e. The molecule has 2 aromatic carbocycles. The average molecular weight is 326 g/mol. The number of anilines is 2.